The summed E-state index contributed by atoms with van der Waals surface area (Å²) in [6, 6.07) is 17.9. The summed E-state index contributed by atoms with van der Waals surface area (Å²) in [5.41, 5.74) is 6.32. The van der Waals surface area contributed by atoms with Crippen LogP contribution in [0.5, 0.6) is 5.75 Å². The molecule has 0 saturated carbocycles. The quantitative estimate of drug-likeness (QED) is 0.649. The molecule has 0 spiro atoms. The fraction of sp³-hybridized carbons (Fsp3) is 0.182. The van der Waals surface area contributed by atoms with Crippen LogP contribution in [0.25, 0.3) is 10.9 Å². The summed E-state index contributed by atoms with van der Waals surface area (Å²) < 4.78 is 5.19. The van der Waals surface area contributed by atoms with Crippen LogP contribution in [0.2, 0.25) is 0 Å². The molecular weight excluding hydrogens is 384 g/mol. The van der Waals surface area contributed by atoms with Gasteiger partial charge in [-0.2, -0.15) is 0 Å². The van der Waals surface area contributed by atoms with Gasteiger partial charge < -0.3 is 9.64 Å². The highest BCUT2D eigenvalue weighted by Gasteiger charge is 2.35. The van der Waals surface area contributed by atoms with Crippen LogP contribution < -0.4 is 20.5 Å². The minimum Gasteiger partial charge on any atom is -0.497 e. The van der Waals surface area contributed by atoms with Crippen molar-refractivity contribution in [1.29, 1.82) is 0 Å². The number of hydrogen-bond acceptors (Lipinski definition) is 5. The van der Waals surface area contributed by atoms with Crippen molar-refractivity contribution in [3.63, 3.8) is 0 Å². The van der Waals surface area contributed by atoms with Gasteiger partial charge >= 0.3 is 0 Å². The molecule has 152 valence electrons. The molecule has 1 fully saturated rings. The monoisotopic (exact) mass is 404 g/mol. The molecule has 2 heterocycles. The number of anilines is 1. The number of carbonyl (C=O) groups excluding carboxylic acids is 3. The number of pyridine rings is 1. The van der Waals surface area contributed by atoms with E-state index in [1.807, 2.05) is 24.3 Å². The number of nitrogens with one attached hydrogen (secondary N) is 2. The number of benzene rings is 2. The average Bonchev–Trinajstić information content (AvgIpc) is 3.18. The molecule has 0 bridgehead atoms. The standard InChI is InChI=1S/C22H20N4O4/c1-30-17-7-4-6-16(12-17)26-13-15(11-20(26)27)21(28)24-25-22(29)19-10-9-14-5-2-3-8-18(14)23-19/h2-10,12,15H,11,13H2,1H3,(H,24,28)(H,25,29)/t15-/m1/s1. The molecule has 8 heteroatoms. The van der Waals surface area contributed by atoms with Gasteiger partial charge in [0.1, 0.15) is 11.4 Å². The third-order valence-corrected chi connectivity index (χ3v) is 4.99. The van der Waals surface area contributed by atoms with Crippen LogP contribution in [-0.2, 0) is 9.59 Å². The zero-order valence-electron chi connectivity index (χ0n) is 16.3. The molecule has 0 unspecified atom stereocenters. The Hall–Kier alpha value is -3.94. The molecule has 0 aliphatic carbocycles. The highest BCUT2D eigenvalue weighted by atomic mass is 16.5. The number of methoxy groups -OCH3 is 1. The van der Waals surface area contributed by atoms with Crippen molar-refractivity contribution in [1.82, 2.24) is 15.8 Å². The third-order valence-electron chi connectivity index (χ3n) is 4.99. The van der Waals surface area contributed by atoms with E-state index < -0.39 is 17.7 Å². The number of aromatic nitrogens is 1. The SMILES string of the molecule is COc1cccc(N2C[C@H](C(=O)NNC(=O)c3ccc4ccccc4n3)CC2=O)c1. The topological polar surface area (TPSA) is 101 Å². The molecule has 1 aliphatic heterocycles. The number of hydrazine groups is 1. The van der Waals surface area contributed by atoms with Gasteiger partial charge in [0.25, 0.3) is 5.91 Å². The molecule has 2 aromatic carbocycles. The van der Waals surface area contributed by atoms with Crippen LogP contribution in [0.1, 0.15) is 16.9 Å². The highest BCUT2D eigenvalue weighted by Crippen LogP contribution is 2.27. The maximum atomic E-state index is 12.5. The normalized spacial score (nSPS) is 15.8. The van der Waals surface area contributed by atoms with Crippen LogP contribution in [0.4, 0.5) is 5.69 Å². The number of rotatable bonds is 4. The molecule has 1 saturated heterocycles. The van der Waals surface area contributed by atoms with Gasteiger partial charge in [0.2, 0.25) is 11.8 Å². The highest BCUT2D eigenvalue weighted by molar-refractivity contribution is 6.01. The Kier molecular flexibility index (Phi) is 5.30. The first-order valence-electron chi connectivity index (χ1n) is 9.45. The van der Waals surface area contributed by atoms with Gasteiger partial charge in [0, 0.05) is 30.1 Å². The zero-order valence-corrected chi connectivity index (χ0v) is 16.3. The van der Waals surface area contributed by atoms with Gasteiger partial charge in [-0.25, -0.2) is 4.98 Å². The van der Waals surface area contributed by atoms with E-state index in [0.717, 1.165) is 5.39 Å². The van der Waals surface area contributed by atoms with Crippen molar-refractivity contribution in [2.45, 2.75) is 6.42 Å². The van der Waals surface area contributed by atoms with Crippen LogP contribution >= 0.6 is 0 Å². The lowest BCUT2D eigenvalue weighted by Crippen LogP contribution is -2.45. The van der Waals surface area contributed by atoms with Crippen molar-refractivity contribution in [3.8, 4) is 5.75 Å². The van der Waals surface area contributed by atoms with Crippen LogP contribution in [0.15, 0.2) is 60.7 Å². The summed E-state index contributed by atoms with van der Waals surface area (Å²) in [6.07, 6.45) is 0.0626. The lowest BCUT2D eigenvalue weighted by molar-refractivity contribution is -0.126. The van der Waals surface area contributed by atoms with Crippen molar-refractivity contribution in [2.24, 2.45) is 5.92 Å². The lowest BCUT2D eigenvalue weighted by Gasteiger charge is -2.17. The summed E-state index contributed by atoms with van der Waals surface area (Å²) >= 11 is 0. The molecule has 30 heavy (non-hydrogen) atoms. The van der Waals surface area contributed by atoms with E-state index in [-0.39, 0.29) is 24.6 Å². The Morgan fingerprint density at radius 1 is 1.07 bits per heavy atom. The Bertz CT molecular complexity index is 1130. The molecule has 0 radical (unpaired) electrons. The molecular formula is C22H20N4O4. The number of para-hydroxylation sites is 1. The second kappa shape index (κ2) is 8.20. The van der Waals surface area contributed by atoms with Gasteiger partial charge in [0.15, 0.2) is 0 Å². The number of amides is 3. The van der Waals surface area contributed by atoms with Gasteiger partial charge in [-0.05, 0) is 24.3 Å². The minimum atomic E-state index is -0.575. The Balaban J connectivity index is 1.37. The fourth-order valence-corrected chi connectivity index (χ4v) is 3.39. The number of hydrogen-bond donors (Lipinski definition) is 2. The molecule has 4 rings (SSSR count). The Labute approximate surface area is 172 Å². The smallest absolute Gasteiger partial charge is 0.288 e. The summed E-state index contributed by atoms with van der Waals surface area (Å²) in [7, 11) is 1.55. The number of nitrogens with zero attached hydrogens (tertiary/aromatic N) is 2. The van der Waals surface area contributed by atoms with Gasteiger partial charge in [-0.3, -0.25) is 25.2 Å². The summed E-state index contributed by atoms with van der Waals surface area (Å²) in [5, 5.41) is 0.917. The molecule has 8 nitrogen and oxygen atoms in total. The lowest BCUT2D eigenvalue weighted by atomic mass is 10.1. The Morgan fingerprint density at radius 2 is 1.90 bits per heavy atom. The number of carbonyl (C=O) groups is 3. The van der Waals surface area contributed by atoms with Crippen molar-refractivity contribution in [3.05, 3.63) is 66.4 Å². The van der Waals surface area contributed by atoms with Crippen LogP contribution in [0, 0.1) is 5.92 Å². The molecule has 2 N–H and O–H groups in total. The summed E-state index contributed by atoms with van der Waals surface area (Å²) in [6.45, 7) is 0.224. The van der Waals surface area contributed by atoms with Crippen molar-refractivity contribution in [2.75, 3.05) is 18.6 Å². The van der Waals surface area contributed by atoms with E-state index in [2.05, 4.69) is 15.8 Å². The predicted octanol–water partition coefficient (Wildman–Crippen LogP) is 2.06. The largest absolute Gasteiger partial charge is 0.497 e. The number of ether oxygens (including phenoxy) is 1. The van der Waals surface area contributed by atoms with Gasteiger partial charge in [0.05, 0.1) is 18.5 Å². The first-order chi connectivity index (χ1) is 14.5. The molecule has 3 amide bonds. The van der Waals surface area contributed by atoms with Crippen molar-refractivity contribution >= 4 is 34.3 Å². The van der Waals surface area contributed by atoms with E-state index in [9.17, 15) is 14.4 Å². The molecule has 1 atom stereocenters. The fourth-order valence-electron chi connectivity index (χ4n) is 3.39. The maximum absolute atomic E-state index is 12.5. The van der Waals surface area contributed by atoms with Crippen LogP contribution in [0.3, 0.4) is 0 Å². The molecule has 1 aromatic heterocycles. The van der Waals surface area contributed by atoms with Crippen LogP contribution in [-0.4, -0.2) is 36.4 Å². The Morgan fingerprint density at radius 3 is 2.73 bits per heavy atom. The van der Waals surface area contributed by atoms with E-state index >= 15 is 0 Å². The minimum absolute atomic E-state index is 0.0626. The van der Waals surface area contributed by atoms with Gasteiger partial charge in [-0.1, -0.05) is 30.3 Å². The first kappa shape index (κ1) is 19.4. The first-order valence-corrected chi connectivity index (χ1v) is 9.45. The zero-order chi connectivity index (χ0) is 21.1. The maximum Gasteiger partial charge on any atom is 0.288 e. The van der Waals surface area contributed by atoms with E-state index in [1.165, 1.54) is 0 Å². The average molecular weight is 404 g/mol. The second-order valence-corrected chi connectivity index (χ2v) is 6.94. The number of fused-ring (bicyclic) bond motifs is 1. The second-order valence-electron chi connectivity index (χ2n) is 6.94. The molecule has 1 aliphatic rings. The van der Waals surface area contributed by atoms with E-state index in [0.29, 0.717) is 17.0 Å². The van der Waals surface area contributed by atoms with Gasteiger partial charge in [-0.15, -0.1) is 0 Å². The van der Waals surface area contributed by atoms with Crippen molar-refractivity contribution < 1.29 is 19.1 Å². The molecule has 3 aromatic rings. The summed E-state index contributed by atoms with van der Waals surface area (Å²) in [5.74, 6) is -1.06. The third kappa shape index (κ3) is 3.93. The summed E-state index contributed by atoms with van der Waals surface area (Å²) in [4.78, 5) is 43.1. The van der Waals surface area contributed by atoms with E-state index in [4.69, 9.17) is 4.74 Å². The predicted molar refractivity (Wildman–Crippen MR) is 111 cm³/mol. The van der Waals surface area contributed by atoms with E-state index in [1.54, 1.807) is 48.4 Å².